The van der Waals surface area contributed by atoms with Crippen LogP contribution < -0.4 is 21.7 Å². The number of likely N-dealkylation sites (N-methyl/N-ethyl adjacent to an activating group) is 2. The maximum atomic E-state index is 13.7. The lowest BCUT2D eigenvalue weighted by Crippen LogP contribution is -2.48. The maximum absolute atomic E-state index is 13.7. The van der Waals surface area contributed by atoms with Gasteiger partial charge in [0.15, 0.2) is 0 Å². The van der Waals surface area contributed by atoms with Crippen LogP contribution in [-0.2, 0) is 16.0 Å². The Bertz CT molecular complexity index is 1760. The fourth-order valence-electron chi connectivity index (χ4n) is 6.86. The zero-order chi connectivity index (χ0) is 37.2. The summed E-state index contributed by atoms with van der Waals surface area (Å²) in [6, 6.07) is 20.1. The lowest BCUT2D eigenvalue weighted by atomic mass is 9.81. The summed E-state index contributed by atoms with van der Waals surface area (Å²) in [6.45, 7) is 4.12. The summed E-state index contributed by atoms with van der Waals surface area (Å²) >= 11 is 0. The number of benzene rings is 3. The molecule has 1 aliphatic carbocycles. The van der Waals surface area contributed by atoms with Crippen molar-refractivity contribution in [2.75, 3.05) is 53.1 Å². The Labute approximate surface area is 306 Å². The summed E-state index contributed by atoms with van der Waals surface area (Å²) in [4.78, 5) is 44.5. The lowest BCUT2D eigenvalue weighted by Gasteiger charge is -2.28. The second-order valence-electron chi connectivity index (χ2n) is 14.4. The molecule has 1 atom stereocenters. The van der Waals surface area contributed by atoms with Gasteiger partial charge in [0.05, 0.1) is 6.04 Å². The SMILES string of the molecule is Cc1cc(C(=O)NC(CN(C)C)CN(C)C)ccc1-c1ccc(C[C@H](NC(=O)C2CCC(CN)CC2)C(=O)Nc2ccc(-c3nn[nH]n3)cc2)cc1. The molecule has 1 heterocycles. The van der Waals surface area contributed by atoms with E-state index in [9.17, 15) is 14.4 Å². The number of nitrogens with two attached hydrogens (primary N) is 1. The molecule has 52 heavy (non-hydrogen) atoms. The van der Waals surface area contributed by atoms with Crippen LogP contribution in [0.25, 0.3) is 22.5 Å². The summed E-state index contributed by atoms with van der Waals surface area (Å²) in [5, 5.41) is 23.3. The van der Waals surface area contributed by atoms with Gasteiger partial charge in [0, 0.05) is 42.2 Å². The monoisotopic (exact) mass is 708 g/mol. The summed E-state index contributed by atoms with van der Waals surface area (Å²) in [6.07, 6.45) is 3.67. The molecule has 1 aliphatic rings. The van der Waals surface area contributed by atoms with Crippen LogP contribution in [0.2, 0.25) is 0 Å². The molecule has 0 bridgehead atoms. The number of tetrazole rings is 1. The first-order chi connectivity index (χ1) is 25.0. The molecule has 1 aromatic heterocycles. The molecule has 6 N–H and O–H groups in total. The summed E-state index contributed by atoms with van der Waals surface area (Å²) in [7, 11) is 8.00. The summed E-state index contributed by atoms with van der Waals surface area (Å²) in [5.74, 6) is 0.257. The van der Waals surface area contributed by atoms with Gasteiger partial charge in [0.2, 0.25) is 17.6 Å². The first kappa shape index (κ1) is 38.3. The van der Waals surface area contributed by atoms with E-state index in [0.29, 0.717) is 36.0 Å². The fourth-order valence-corrected chi connectivity index (χ4v) is 6.86. The van der Waals surface area contributed by atoms with Crippen LogP contribution in [0.5, 0.6) is 0 Å². The van der Waals surface area contributed by atoms with Gasteiger partial charge >= 0.3 is 0 Å². The third kappa shape index (κ3) is 10.5. The third-order valence-electron chi connectivity index (χ3n) is 9.64. The van der Waals surface area contributed by atoms with Crippen molar-refractivity contribution in [2.45, 2.75) is 51.1 Å². The minimum Gasteiger partial charge on any atom is -0.347 e. The number of hydrogen-bond donors (Lipinski definition) is 5. The highest BCUT2D eigenvalue weighted by Gasteiger charge is 2.29. The van der Waals surface area contributed by atoms with Gasteiger partial charge in [-0.3, -0.25) is 14.4 Å². The van der Waals surface area contributed by atoms with Gasteiger partial charge in [0.25, 0.3) is 5.91 Å². The van der Waals surface area contributed by atoms with Crippen LogP contribution in [0, 0.1) is 18.8 Å². The number of nitrogens with zero attached hydrogens (tertiary/aromatic N) is 5. The predicted octanol–water partition coefficient (Wildman–Crippen LogP) is 3.49. The van der Waals surface area contributed by atoms with Crippen LogP contribution in [0.4, 0.5) is 5.69 Å². The summed E-state index contributed by atoms with van der Waals surface area (Å²) < 4.78 is 0. The van der Waals surface area contributed by atoms with Crippen LogP contribution >= 0.6 is 0 Å². The quantitative estimate of drug-likeness (QED) is 0.124. The summed E-state index contributed by atoms with van der Waals surface area (Å²) in [5.41, 5.74) is 11.7. The first-order valence-electron chi connectivity index (χ1n) is 17.9. The molecule has 0 saturated heterocycles. The molecule has 4 aromatic rings. The Kier molecular flexibility index (Phi) is 13.2. The van der Waals surface area contributed by atoms with Crippen molar-refractivity contribution in [3.8, 4) is 22.5 Å². The number of rotatable bonds is 15. The van der Waals surface area contributed by atoms with Gasteiger partial charge < -0.3 is 31.5 Å². The van der Waals surface area contributed by atoms with Crippen molar-refractivity contribution < 1.29 is 14.4 Å². The highest BCUT2D eigenvalue weighted by atomic mass is 16.2. The van der Waals surface area contributed by atoms with Crippen molar-refractivity contribution in [1.29, 1.82) is 0 Å². The number of aromatic nitrogens is 4. The van der Waals surface area contributed by atoms with Crippen molar-refractivity contribution in [2.24, 2.45) is 17.6 Å². The molecule has 13 heteroatoms. The van der Waals surface area contributed by atoms with Gasteiger partial charge in [-0.1, -0.05) is 30.3 Å². The molecule has 276 valence electrons. The standard InChI is InChI=1S/C39H52N10O3/c1-25-20-31(38(51)42-33(23-48(2)3)24-49(4)5)16-19-34(25)28-10-6-26(7-11-28)21-35(43-37(50)30-12-8-27(22-40)9-13-30)39(52)41-32-17-14-29(15-18-32)36-44-46-47-45-36/h6-7,10-11,14-20,27,30,33,35H,8-9,12-13,21-24,40H2,1-5H3,(H,41,52)(H,42,51)(H,43,50)(H,44,45,46,47)/t27?,30?,35-/m0/s1. The van der Waals surface area contributed by atoms with E-state index in [1.54, 1.807) is 24.3 Å². The number of carbonyl (C=O) groups excluding carboxylic acids is 3. The Morgan fingerprint density at radius 2 is 1.52 bits per heavy atom. The molecule has 5 rings (SSSR count). The Morgan fingerprint density at radius 3 is 2.10 bits per heavy atom. The topological polar surface area (TPSA) is 174 Å². The number of carbonyl (C=O) groups is 3. The van der Waals surface area contributed by atoms with Gasteiger partial charge in [-0.2, -0.15) is 5.21 Å². The molecule has 0 spiro atoms. The Balaban J connectivity index is 1.28. The average Bonchev–Trinajstić information content (AvgIpc) is 3.67. The molecule has 0 unspecified atom stereocenters. The molecule has 3 aromatic carbocycles. The van der Waals surface area contributed by atoms with Crippen LogP contribution in [0.3, 0.4) is 0 Å². The molecule has 13 nitrogen and oxygen atoms in total. The van der Waals surface area contributed by atoms with Crippen molar-refractivity contribution in [3.05, 3.63) is 83.4 Å². The molecule has 1 fully saturated rings. The highest BCUT2D eigenvalue weighted by Crippen LogP contribution is 2.29. The minimum atomic E-state index is -0.786. The number of anilines is 1. The zero-order valence-corrected chi connectivity index (χ0v) is 30.9. The van der Waals surface area contributed by atoms with Crippen molar-refractivity contribution in [3.63, 3.8) is 0 Å². The lowest BCUT2D eigenvalue weighted by molar-refractivity contribution is -0.130. The third-order valence-corrected chi connectivity index (χ3v) is 9.64. The van der Waals surface area contributed by atoms with Crippen molar-refractivity contribution >= 4 is 23.4 Å². The van der Waals surface area contributed by atoms with Crippen LogP contribution in [0.1, 0.15) is 47.2 Å². The van der Waals surface area contributed by atoms with Crippen LogP contribution in [0.15, 0.2) is 66.7 Å². The average molecular weight is 709 g/mol. The normalized spacial score (nSPS) is 16.6. The molecule has 0 aliphatic heterocycles. The second-order valence-corrected chi connectivity index (χ2v) is 14.4. The number of hydrogen-bond acceptors (Lipinski definition) is 9. The van der Waals surface area contributed by atoms with E-state index in [0.717, 1.165) is 66.6 Å². The largest absolute Gasteiger partial charge is 0.347 e. The maximum Gasteiger partial charge on any atom is 0.251 e. The van der Waals surface area contributed by atoms with Gasteiger partial charge in [-0.25, -0.2) is 0 Å². The molecule has 0 radical (unpaired) electrons. The van der Waals surface area contributed by atoms with E-state index < -0.39 is 6.04 Å². The smallest absolute Gasteiger partial charge is 0.251 e. The van der Waals surface area contributed by atoms with E-state index in [-0.39, 0.29) is 29.7 Å². The van der Waals surface area contributed by atoms with Gasteiger partial charge in [-0.05, 0) is 137 Å². The van der Waals surface area contributed by atoms with E-state index in [4.69, 9.17) is 5.73 Å². The number of nitrogens with one attached hydrogen (secondary N) is 4. The number of amides is 3. The first-order valence-corrected chi connectivity index (χ1v) is 17.9. The van der Waals surface area contributed by atoms with Gasteiger partial charge in [0.1, 0.15) is 6.04 Å². The minimum absolute atomic E-state index is 0.00444. The van der Waals surface area contributed by atoms with E-state index in [1.165, 1.54) is 0 Å². The second kappa shape index (κ2) is 18.0. The van der Waals surface area contributed by atoms with E-state index in [1.807, 2.05) is 77.6 Å². The molecule has 3 amide bonds. The predicted molar refractivity (Wildman–Crippen MR) is 203 cm³/mol. The molecular formula is C39H52N10O3. The fraction of sp³-hybridized carbons (Fsp3) is 0.436. The Morgan fingerprint density at radius 1 is 0.865 bits per heavy atom. The van der Waals surface area contributed by atoms with Crippen LogP contribution in [-0.4, -0.2) is 108 Å². The molecular weight excluding hydrogens is 656 g/mol. The number of aryl methyl sites for hydroxylation is 1. The Hall–Kier alpha value is -4.98. The highest BCUT2D eigenvalue weighted by molar-refractivity contribution is 5.98. The van der Waals surface area contributed by atoms with E-state index >= 15 is 0 Å². The number of aromatic amines is 1. The van der Waals surface area contributed by atoms with Gasteiger partial charge in [-0.15, -0.1) is 10.2 Å². The zero-order valence-electron chi connectivity index (χ0n) is 30.9. The van der Waals surface area contributed by atoms with E-state index in [2.05, 4.69) is 46.4 Å². The van der Waals surface area contributed by atoms with Crippen molar-refractivity contribution in [1.82, 2.24) is 41.1 Å². The number of H-pyrrole nitrogens is 1. The molecule has 1 saturated carbocycles.